The van der Waals surface area contributed by atoms with Crippen molar-refractivity contribution in [3.05, 3.63) is 45.5 Å². The van der Waals surface area contributed by atoms with Gasteiger partial charge in [0.2, 0.25) is 5.88 Å². The lowest BCUT2D eigenvalue weighted by Gasteiger charge is -2.13. The third-order valence-corrected chi connectivity index (χ3v) is 3.68. The van der Waals surface area contributed by atoms with Crippen LogP contribution in [0.5, 0.6) is 17.4 Å². The van der Waals surface area contributed by atoms with E-state index in [9.17, 15) is 4.79 Å². The Balaban J connectivity index is 2.08. The Morgan fingerprint density at radius 1 is 1.09 bits per heavy atom. The molecular weight excluding hydrogens is 365 g/mol. The first-order chi connectivity index (χ1) is 10.9. The molecule has 1 aromatic heterocycles. The number of carbonyl (C=O) groups excluding carboxylic acids is 1. The van der Waals surface area contributed by atoms with E-state index in [0.29, 0.717) is 11.5 Å². The molecule has 0 aliphatic heterocycles. The van der Waals surface area contributed by atoms with E-state index in [1.807, 2.05) is 0 Å². The van der Waals surface area contributed by atoms with Crippen LogP contribution in [0.2, 0.25) is 15.2 Å². The van der Waals surface area contributed by atoms with E-state index in [1.165, 1.54) is 13.2 Å². The van der Waals surface area contributed by atoms with Gasteiger partial charge in [-0.2, -0.15) is 4.98 Å². The molecule has 0 saturated heterocycles. The van der Waals surface area contributed by atoms with Gasteiger partial charge in [-0.05, 0) is 37.3 Å². The van der Waals surface area contributed by atoms with E-state index in [1.54, 1.807) is 31.2 Å². The second-order valence-electron chi connectivity index (χ2n) is 4.40. The zero-order chi connectivity index (χ0) is 17.0. The standard InChI is InChI=1S/C15H12Cl3NO4/c1-8(15(20)21-2)22-9-3-5-10(6-4-9)23-14-12(17)7-11(16)13(18)19-14/h3-8H,1-2H3. The van der Waals surface area contributed by atoms with Crippen molar-refractivity contribution in [2.45, 2.75) is 13.0 Å². The van der Waals surface area contributed by atoms with Gasteiger partial charge < -0.3 is 14.2 Å². The zero-order valence-corrected chi connectivity index (χ0v) is 14.4. The van der Waals surface area contributed by atoms with Crippen LogP contribution in [-0.2, 0) is 9.53 Å². The fourth-order valence-electron chi connectivity index (χ4n) is 1.62. The molecule has 0 aliphatic rings. The monoisotopic (exact) mass is 375 g/mol. The highest BCUT2D eigenvalue weighted by Gasteiger charge is 2.15. The summed E-state index contributed by atoms with van der Waals surface area (Å²) in [4.78, 5) is 15.3. The fraction of sp³-hybridized carbons (Fsp3) is 0.200. The second-order valence-corrected chi connectivity index (χ2v) is 5.58. The molecule has 2 aromatic rings. The number of rotatable bonds is 5. The molecule has 0 N–H and O–H groups in total. The highest BCUT2D eigenvalue weighted by Crippen LogP contribution is 2.33. The fourth-order valence-corrected chi connectivity index (χ4v) is 2.14. The molecule has 0 saturated carbocycles. The first-order valence-electron chi connectivity index (χ1n) is 6.44. The van der Waals surface area contributed by atoms with Crippen molar-refractivity contribution in [1.82, 2.24) is 4.98 Å². The minimum Gasteiger partial charge on any atom is -0.479 e. The van der Waals surface area contributed by atoms with Crippen molar-refractivity contribution in [3.63, 3.8) is 0 Å². The zero-order valence-electron chi connectivity index (χ0n) is 12.2. The van der Waals surface area contributed by atoms with Crippen molar-refractivity contribution in [1.29, 1.82) is 0 Å². The van der Waals surface area contributed by atoms with Crippen LogP contribution in [0.15, 0.2) is 30.3 Å². The molecule has 1 aromatic carbocycles. The normalized spacial score (nSPS) is 11.7. The third kappa shape index (κ3) is 4.64. The molecule has 0 spiro atoms. The summed E-state index contributed by atoms with van der Waals surface area (Å²) >= 11 is 17.6. The number of halogens is 3. The first kappa shape index (κ1) is 17.7. The summed E-state index contributed by atoms with van der Waals surface area (Å²) in [5.74, 6) is 0.633. The Labute approximate surface area is 148 Å². The van der Waals surface area contributed by atoms with Gasteiger partial charge in [0, 0.05) is 0 Å². The van der Waals surface area contributed by atoms with Gasteiger partial charge in [0.15, 0.2) is 11.3 Å². The van der Waals surface area contributed by atoms with Gasteiger partial charge in [-0.3, -0.25) is 0 Å². The summed E-state index contributed by atoms with van der Waals surface area (Å²) < 4.78 is 15.5. The summed E-state index contributed by atoms with van der Waals surface area (Å²) in [6.07, 6.45) is -0.710. The molecule has 0 radical (unpaired) electrons. The molecule has 0 amide bonds. The Bertz CT molecular complexity index is 707. The quantitative estimate of drug-likeness (QED) is 0.555. The van der Waals surface area contributed by atoms with E-state index in [4.69, 9.17) is 44.3 Å². The summed E-state index contributed by atoms with van der Waals surface area (Å²) in [5.41, 5.74) is 0. The number of aromatic nitrogens is 1. The number of ether oxygens (including phenoxy) is 3. The van der Waals surface area contributed by atoms with Crippen molar-refractivity contribution in [2.75, 3.05) is 7.11 Å². The van der Waals surface area contributed by atoms with Crippen LogP contribution < -0.4 is 9.47 Å². The predicted molar refractivity (Wildman–Crippen MR) is 87.9 cm³/mol. The van der Waals surface area contributed by atoms with Crippen molar-refractivity contribution < 1.29 is 19.0 Å². The Hall–Kier alpha value is -1.69. The van der Waals surface area contributed by atoms with Gasteiger partial charge >= 0.3 is 5.97 Å². The maximum atomic E-state index is 11.3. The van der Waals surface area contributed by atoms with Crippen LogP contribution in [0.1, 0.15) is 6.92 Å². The highest BCUT2D eigenvalue weighted by atomic mass is 35.5. The Morgan fingerprint density at radius 2 is 1.70 bits per heavy atom. The van der Waals surface area contributed by atoms with Crippen LogP contribution in [0.4, 0.5) is 0 Å². The third-order valence-electron chi connectivity index (χ3n) is 2.74. The van der Waals surface area contributed by atoms with E-state index < -0.39 is 12.1 Å². The number of methoxy groups -OCH3 is 1. The van der Waals surface area contributed by atoms with Crippen molar-refractivity contribution in [2.24, 2.45) is 0 Å². The number of esters is 1. The molecule has 1 heterocycles. The topological polar surface area (TPSA) is 57.7 Å². The molecule has 0 fully saturated rings. The second kappa shape index (κ2) is 7.73. The Kier molecular flexibility index (Phi) is 5.93. The van der Waals surface area contributed by atoms with E-state index >= 15 is 0 Å². The largest absolute Gasteiger partial charge is 0.479 e. The number of nitrogens with zero attached hydrogens (tertiary/aromatic N) is 1. The molecule has 8 heteroatoms. The number of pyridine rings is 1. The summed E-state index contributed by atoms with van der Waals surface area (Å²) in [7, 11) is 1.30. The lowest BCUT2D eigenvalue weighted by molar-refractivity contribution is -0.147. The SMILES string of the molecule is COC(=O)C(C)Oc1ccc(Oc2nc(Cl)c(Cl)cc2Cl)cc1. The molecule has 23 heavy (non-hydrogen) atoms. The molecule has 1 atom stereocenters. The number of carbonyl (C=O) groups is 1. The molecule has 1 unspecified atom stereocenters. The van der Waals surface area contributed by atoms with Crippen LogP contribution in [0, 0.1) is 0 Å². The minimum absolute atomic E-state index is 0.0953. The molecule has 2 rings (SSSR count). The van der Waals surface area contributed by atoms with Crippen LogP contribution >= 0.6 is 34.8 Å². The molecule has 122 valence electrons. The van der Waals surface area contributed by atoms with Crippen molar-refractivity contribution >= 4 is 40.8 Å². The van der Waals surface area contributed by atoms with Crippen LogP contribution in [0.25, 0.3) is 0 Å². The highest BCUT2D eigenvalue weighted by molar-refractivity contribution is 6.42. The lowest BCUT2D eigenvalue weighted by atomic mass is 10.3. The van der Waals surface area contributed by atoms with E-state index in [0.717, 1.165) is 0 Å². The molecular formula is C15H12Cl3NO4. The number of hydrogen-bond acceptors (Lipinski definition) is 5. The predicted octanol–water partition coefficient (Wildman–Crippen LogP) is 4.77. The molecule has 0 bridgehead atoms. The van der Waals surface area contributed by atoms with Crippen LogP contribution in [0.3, 0.4) is 0 Å². The van der Waals surface area contributed by atoms with Crippen molar-refractivity contribution in [3.8, 4) is 17.4 Å². The van der Waals surface area contributed by atoms with Gasteiger partial charge in [-0.25, -0.2) is 4.79 Å². The van der Waals surface area contributed by atoms with Gasteiger partial charge in [0.05, 0.1) is 12.1 Å². The number of hydrogen-bond donors (Lipinski definition) is 0. The lowest BCUT2D eigenvalue weighted by Crippen LogP contribution is -2.24. The van der Waals surface area contributed by atoms with Gasteiger partial charge in [-0.15, -0.1) is 0 Å². The van der Waals surface area contributed by atoms with Crippen LogP contribution in [-0.4, -0.2) is 24.2 Å². The van der Waals surface area contributed by atoms with E-state index in [2.05, 4.69) is 9.72 Å². The van der Waals surface area contributed by atoms with E-state index in [-0.39, 0.29) is 21.1 Å². The summed E-state index contributed by atoms with van der Waals surface area (Å²) in [6, 6.07) is 8.00. The average Bonchev–Trinajstić information content (AvgIpc) is 2.53. The van der Waals surface area contributed by atoms with Gasteiger partial charge in [-0.1, -0.05) is 34.8 Å². The number of benzene rings is 1. The van der Waals surface area contributed by atoms with Gasteiger partial charge in [0.1, 0.15) is 16.5 Å². The summed E-state index contributed by atoms with van der Waals surface area (Å²) in [5, 5.41) is 0.571. The molecule has 5 nitrogen and oxygen atoms in total. The minimum atomic E-state index is -0.710. The smallest absolute Gasteiger partial charge is 0.346 e. The molecule has 0 aliphatic carbocycles. The van der Waals surface area contributed by atoms with Gasteiger partial charge in [0.25, 0.3) is 0 Å². The Morgan fingerprint density at radius 3 is 2.30 bits per heavy atom. The maximum Gasteiger partial charge on any atom is 0.346 e. The maximum absolute atomic E-state index is 11.3. The average molecular weight is 377 g/mol. The summed E-state index contributed by atoms with van der Waals surface area (Å²) in [6.45, 7) is 1.59. The first-order valence-corrected chi connectivity index (χ1v) is 7.58.